The number of para-hydroxylation sites is 1. The van der Waals surface area contributed by atoms with Gasteiger partial charge in [-0.05, 0) is 23.6 Å². The second-order valence-electron chi connectivity index (χ2n) is 4.16. The largest absolute Gasteiger partial charge is 0.492 e. The minimum absolute atomic E-state index is 0.284. The maximum absolute atomic E-state index is 5.69. The Morgan fingerprint density at radius 3 is 2.85 bits per heavy atom. The fourth-order valence-corrected chi connectivity index (χ4v) is 2.63. The van der Waals surface area contributed by atoms with Crippen molar-refractivity contribution >= 4 is 33.3 Å². The molecule has 0 aliphatic heterocycles. The van der Waals surface area contributed by atoms with E-state index in [0.717, 1.165) is 21.8 Å². The van der Waals surface area contributed by atoms with Gasteiger partial charge in [0.25, 0.3) is 0 Å². The summed E-state index contributed by atoms with van der Waals surface area (Å²) in [6.07, 6.45) is 0. The fraction of sp³-hybridized carbons (Fsp3) is 0.143. The Labute approximate surface area is 120 Å². The number of ether oxygens (including phenoxy) is 1. The highest BCUT2D eigenvalue weighted by atomic mass is 32.1. The monoisotopic (exact) mass is 286 g/mol. The van der Waals surface area contributed by atoms with Crippen LogP contribution in [0.1, 0.15) is 0 Å². The fourth-order valence-electron chi connectivity index (χ4n) is 1.86. The van der Waals surface area contributed by atoms with Crippen molar-refractivity contribution in [2.45, 2.75) is 0 Å². The molecule has 0 radical (unpaired) electrons. The maximum Gasteiger partial charge on any atom is 0.223 e. The minimum atomic E-state index is 0.284. The van der Waals surface area contributed by atoms with E-state index in [1.165, 1.54) is 0 Å². The number of benzene rings is 1. The highest BCUT2D eigenvalue weighted by Crippen LogP contribution is 2.25. The van der Waals surface area contributed by atoms with E-state index in [4.69, 9.17) is 10.5 Å². The van der Waals surface area contributed by atoms with Crippen molar-refractivity contribution in [2.24, 2.45) is 0 Å². The van der Waals surface area contributed by atoms with E-state index in [2.05, 4.69) is 15.3 Å². The summed E-state index contributed by atoms with van der Waals surface area (Å²) in [5.74, 6) is 1.90. The summed E-state index contributed by atoms with van der Waals surface area (Å²) in [7, 11) is 0. The summed E-state index contributed by atoms with van der Waals surface area (Å²) < 4.78 is 5.62. The molecule has 0 amide bonds. The van der Waals surface area contributed by atoms with E-state index in [9.17, 15) is 0 Å². The van der Waals surface area contributed by atoms with Crippen LogP contribution < -0.4 is 15.8 Å². The van der Waals surface area contributed by atoms with Gasteiger partial charge in [0.05, 0.1) is 11.9 Å². The first-order valence-corrected chi connectivity index (χ1v) is 7.13. The van der Waals surface area contributed by atoms with Crippen molar-refractivity contribution in [3.05, 3.63) is 41.8 Å². The Balaban J connectivity index is 1.61. The summed E-state index contributed by atoms with van der Waals surface area (Å²) in [5, 5.41) is 6.20. The van der Waals surface area contributed by atoms with Gasteiger partial charge in [0.1, 0.15) is 23.0 Å². The number of aromatic nitrogens is 2. The Morgan fingerprint density at radius 1 is 1.15 bits per heavy atom. The minimum Gasteiger partial charge on any atom is -0.492 e. The normalized spacial score (nSPS) is 10.6. The van der Waals surface area contributed by atoms with Gasteiger partial charge in [0, 0.05) is 0 Å². The SMILES string of the molecule is Nc1nc(NCCOc2ccccc2)c2ccsc2n1. The highest BCUT2D eigenvalue weighted by Gasteiger charge is 2.06. The summed E-state index contributed by atoms with van der Waals surface area (Å²) in [6, 6.07) is 11.7. The molecule has 20 heavy (non-hydrogen) atoms. The number of nitrogens with zero attached hydrogens (tertiary/aromatic N) is 2. The molecular weight excluding hydrogens is 272 g/mol. The molecule has 3 N–H and O–H groups in total. The molecule has 2 heterocycles. The molecule has 2 aromatic heterocycles. The second-order valence-corrected chi connectivity index (χ2v) is 5.05. The zero-order chi connectivity index (χ0) is 13.8. The van der Waals surface area contributed by atoms with Crippen LogP contribution in [0.25, 0.3) is 10.2 Å². The Morgan fingerprint density at radius 2 is 2.00 bits per heavy atom. The van der Waals surface area contributed by atoms with Crippen molar-refractivity contribution in [3.63, 3.8) is 0 Å². The molecule has 6 heteroatoms. The first-order chi connectivity index (χ1) is 9.83. The Kier molecular flexibility index (Phi) is 3.64. The van der Waals surface area contributed by atoms with Gasteiger partial charge in [0.2, 0.25) is 5.95 Å². The lowest BCUT2D eigenvalue weighted by Crippen LogP contribution is -2.13. The van der Waals surface area contributed by atoms with Crippen LogP contribution >= 0.6 is 11.3 Å². The number of anilines is 2. The number of nitrogens with one attached hydrogen (secondary N) is 1. The van der Waals surface area contributed by atoms with Crippen molar-refractivity contribution in [2.75, 3.05) is 24.2 Å². The molecule has 0 bridgehead atoms. The number of nitrogens with two attached hydrogens (primary N) is 1. The van der Waals surface area contributed by atoms with Gasteiger partial charge >= 0.3 is 0 Å². The van der Waals surface area contributed by atoms with Gasteiger partial charge in [-0.15, -0.1) is 11.3 Å². The molecule has 0 saturated heterocycles. The first kappa shape index (κ1) is 12.7. The summed E-state index contributed by atoms with van der Waals surface area (Å²) >= 11 is 1.55. The molecule has 1 aromatic carbocycles. The van der Waals surface area contributed by atoms with Crippen LogP contribution in [0.4, 0.5) is 11.8 Å². The van der Waals surface area contributed by atoms with Crippen LogP contribution in [0.15, 0.2) is 41.8 Å². The number of thiophene rings is 1. The summed E-state index contributed by atoms with van der Waals surface area (Å²) in [5.41, 5.74) is 5.69. The Bertz CT molecular complexity index is 699. The van der Waals surface area contributed by atoms with Crippen LogP contribution in [-0.4, -0.2) is 23.1 Å². The molecule has 102 valence electrons. The van der Waals surface area contributed by atoms with Gasteiger partial charge in [-0.1, -0.05) is 18.2 Å². The molecule has 0 saturated carbocycles. The van der Waals surface area contributed by atoms with Crippen LogP contribution in [-0.2, 0) is 0 Å². The van der Waals surface area contributed by atoms with Crippen molar-refractivity contribution < 1.29 is 4.74 Å². The number of fused-ring (bicyclic) bond motifs is 1. The third-order valence-electron chi connectivity index (χ3n) is 2.75. The quantitative estimate of drug-likeness (QED) is 0.706. The zero-order valence-electron chi connectivity index (χ0n) is 10.7. The second kappa shape index (κ2) is 5.75. The van der Waals surface area contributed by atoms with Crippen molar-refractivity contribution in [3.8, 4) is 5.75 Å². The average molecular weight is 286 g/mol. The third-order valence-corrected chi connectivity index (χ3v) is 3.56. The summed E-state index contributed by atoms with van der Waals surface area (Å²) in [6.45, 7) is 1.20. The molecule has 3 aromatic rings. The van der Waals surface area contributed by atoms with Gasteiger partial charge in [0.15, 0.2) is 0 Å². The van der Waals surface area contributed by atoms with Crippen LogP contribution in [0.3, 0.4) is 0 Å². The van der Waals surface area contributed by atoms with Gasteiger partial charge in [-0.3, -0.25) is 0 Å². The number of hydrogen-bond acceptors (Lipinski definition) is 6. The van der Waals surface area contributed by atoms with E-state index in [0.29, 0.717) is 13.2 Å². The molecule has 5 nitrogen and oxygen atoms in total. The average Bonchev–Trinajstić information content (AvgIpc) is 2.92. The third kappa shape index (κ3) is 2.80. The first-order valence-electron chi connectivity index (χ1n) is 6.25. The highest BCUT2D eigenvalue weighted by molar-refractivity contribution is 7.16. The van der Waals surface area contributed by atoms with Gasteiger partial charge < -0.3 is 15.8 Å². The van der Waals surface area contributed by atoms with E-state index in [-0.39, 0.29) is 5.95 Å². The lowest BCUT2D eigenvalue weighted by molar-refractivity contribution is 0.333. The Hall–Kier alpha value is -2.34. The molecule has 0 aliphatic rings. The molecule has 0 atom stereocenters. The molecule has 0 unspecified atom stereocenters. The molecule has 3 rings (SSSR count). The lowest BCUT2D eigenvalue weighted by atomic mass is 10.3. The number of hydrogen-bond donors (Lipinski definition) is 2. The van der Waals surface area contributed by atoms with Crippen LogP contribution in [0.2, 0.25) is 0 Å². The number of rotatable bonds is 5. The standard InChI is InChI=1S/C14H14N4OS/c15-14-17-12(11-6-9-20-13(11)18-14)16-7-8-19-10-4-2-1-3-5-10/h1-6,9H,7-8H2,(H3,15,16,17,18). The zero-order valence-corrected chi connectivity index (χ0v) is 11.6. The smallest absolute Gasteiger partial charge is 0.223 e. The molecular formula is C14H14N4OS. The van der Waals surface area contributed by atoms with E-state index in [1.807, 2.05) is 41.8 Å². The van der Waals surface area contributed by atoms with Crippen molar-refractivity contribution in [1.29, 1.82) is 0 Å². The number of nitrogen functional groups attached to an aromatic ring is 1. The predicted molar refractivity (Wildman–Crippen MR) is 82.3 cm³/mol. The van der Waals surface area contributed by atoms with E-state index >= 15 is 0 Å². The van der Waals surface area contributed by atoms with Gasteiger partial charge in [-0.2, -0.15) is 4.98 Å². The lowest BCUT2D eigenvalue weighted by Gasteiger charge is -2.09. The predicted octanol–water partition coefficient (Wildman–Crippen LogP) is 2.76. The van der Waals surface area contributed by atoms with E-state index < -0.39 is 0 Å². The summed E-state index contributed by atoms with van der Waals surface area (Å²) in [4.78, 5) is 9.30. The molecule has 0 aliphatic carbocycles. The van der Waals surface area contributed by atoms with Gasteiger partial charge in [-0.25, -0.2) is 4.98 Å². The van der Waals surface area contributed by atoms with E-state index in [1.54, 1.807) is 11.3 Å². The van der Waals surface area contributed by atoms with Crippen LogP contribution in [0, 0.1) is 0 Å². The maximum atomic E-state index is 5.69. The molecule has 0 fully saturated rings. The molecule has 0 spiro atoms. The topological polar surface area (TPSA) is 73.1 Å². The van der Waals surface area contributed by atoms with Crippen LogP contribution in [0.5, 0.6) is 5.75 Å². The van der Waals surface area contributed by atoms with Crippen molar-refractivity contribution in [1.82, 2.24) is 9.97 Å².